The van der Waals surface area contributed by atoms with E-state index in [1.54, 1.807) is 31.2 Å². The second-order valence-corrected chi connectivity index (χ2v) is 7.88. The predicted molar refractivity (Wildman–Crippen MR) is 117 cm³/mol. The fourth-order valence-corrected chi connectivity index (χ4v) is 3.49. The molecule has 3 rings (SSSR count). The molecule has 0 aliphatic carbocycles. The number of anilines is 1. The van der Waals surface area contributed by atoms with Gasteiger partial charge in [0.05, 0.1) is 10.0 Å². The molecule has 10 heteroatoms. The Morgan fingerprint density at radius 1 is 1.10 bits per heavy atom. The van der Waals surface area contributed by atoms with Gasteiger partial charge in [-0.1, -0.05) is 35.3 Å². The van der Waals surface area contributed by atoms with Gasteiger partial charge in [-0.05, 0) is 49.7 Å². The van der Waals surface area contributed by atoms with Crippen LogP contribution in [0.2, 0.25) is 10.0 Å². The van der Waals surface area contributed by atoms with E-state index in [2.05, 4.69) is 16.0 Å². The number of urea groups is 1. The Kier molecular flexibility index (Phi) is 6.52. The number of amides is 5. The number of rotatable bonds is 6. The van der Waals surface area contributed by atoms with Gasteiger partial charge >= 0.3 is 6.03 Å². The van der Waals surface area contributed by atoms with Crippen LogP contribution in [0.15, 0.2) is 42.5 Å². The molecule has 0 spiro atoms. The molecular formula is C21H20Cl2N4O4. The van der Waals surface area contributed by atoms with Gasteiger partial charge in [-0.2, -0.15) is 0 Å². The number of halogens is 2. The van der Waals surface area contributed by atoms with Crippen molar-refractivity contribution in [2.45, 2.75) is 19.4 Å². The van der Waals surface area contributed by atoms with Gasteiger partial charge in [0, 0.05) is 17.8 Å². The number of hydrogen-bond acceptors (Lipinski definition) is 4. The SMILES string of the molecule is CCNC(=O)c1cccc(NC(=O)CN2C(=O)N[C@](C)(c3ccc(Cl)c(Cl)c3)C2=O)c1. The third-order valence-electron chi connectivity index (χ3n) is 4.82. The van der Waals surface area contributed by atoms with E-state index in [0.29, 0.717) is 28.4 Å². The highest BCUT2D eigenvalue weighted by molar-refractivity contribution is 6.42. The second kappa shape index (κ2) is 8.95. The summed E-state index contributed by atoms with van der Waals surface area (Å²) in [6.45, 7) is 3.31. The van der Waals surface area contributed by atoms with Gasteiger partial charge in [0.25, 0.3) is 11.8 Å². The quantitative estimate of drug-likeness (QED) is 0.572. The number of nitrogens with zero attached hydrogens (tertiary/aromatic N) is 1. The van der Waals surface area contributed by atoms with E-state index in [9.17, 15) is 19.2 Å². The normalized spacial score (nSPS) is 18.0. The minimum atomic E-state index is -1.39. The summed E-state index contributed by atoms with van der Waals surface area (Å²) >= 11 is 12.0. The molecule has 162 valence electrons. The van der Waals surface area contributed by atoms with Crippen molar-refractivity contribution in [3.63, 3.8) is 0 Å². The van der Waals surface area contributed by atoms with Crippen LogP contribution in [-0.4, -0.2) is 41.7 Å². The summed E-state index contributed by atoms with van der Waals surface area (Å²) in [4.78, 5) is 50.7. The van der Waals surface area contributed by atoms with Gasteiger partial charge < -0.3 is 16.0 Å². The lowest BCUT2D eigenvalue weighted by molar-refractivity contribution is -0.133. The monoisotopic (exact) mass is 462 g/mol. The van der Waals surface area contributed by atoms with Crippen molar-refractivity contribution < 1.29 is 19.2 Å². The standard InChI is InChI=1S/C21H20Cl2N4O4/c1-3-24-18(29)12-5-4-6-14(9-12)25-17(28)11-27-19(30)21(2,26-20(27)31)13-7-8-15(22)16(23)10-13/h4-10H,3,11H2,1-2H3,(H,24,29)(H,25,28)(H,26,31)/t21-/m1/s1. The number of carbonyl (C=O) groups is 4. The smallest absolute Gasteiger partial charge is 0.325 e. The molecule has 0 saturated carbocycles. The molecule has 31 heavy (non-hydrogen) atoms. The molecule has 0 radical (unpaired) electrons. The van der Waals surface area contributed by atoms with Crippen LogP contribution >= 0.6 is 23.2 Å². The van der Waals surface area contributed by atoms with Crippen molar-refractivity contribution in [1.82, 2.24) is 15.5 Å². The number of hydrogen-bond donors (Lipinski definition) is 3. The molecule has 2 aromatic carbocycles. The lowest BCUT2D eigenvalue weighted by Crippen LogP contribution is -2.42. The van der Waals surface area contributed by atoms with Crippen molar-refractivity contribution in [1.29, 1.82) is 0 Å². The molecule has 1 saturated heterocycles. The van der Waals surface area contributed by atoms with Crippen LogP contribution in [0.1, 0.15) is 29.8 Å². The first-order chi connectivity index (χ1) is 14.7. The fourth-order valence-electron chi connectivity index (χ4n) is 3.19. The minimum absolute atomic E-state index is 0.241. The molecule has 2 aromatic rings. The maximum atomic E-state index is 13.0. The van der Waals surface area contributed by atoms with E-state index < -0.39 is 29.9 Å². The van der Waals surface area contributed by atoms with E-state index >= 15 is 0 Å². The molecule has 1 atom stereocenters. The molecule has 0 aromatic heterocycles. The second-order valence-electron chi connectivity index (χ2n) is 7.06. The Labute approximate surface area is 188 Å². The molecule has 1 aliphatic heterocycles. The Balaban J connectivity index is 1.73. The molecule has 0 unspecified atom stereocenters. The van der Waals surface area contributed by atoms with E-state index in [1.165, 1.54) is 25.1 Å². The zero-order valence-corrected chi connectivity index (χ0v) is 18.3. The topological polar surface area (TPSA) is 108 Å². The minimum Gasteiger partial charge on any atom is -0.352 e. The number of imide groups is 1. The highest BCUT2D eigenvalue weighted by Gasteiger charge is 2.49. The lowest BCUT2D eigenvalue weighted by Gasteiger charge is -2.22. The van der Waals surface area contributed by atoms with Crippen LogP contribution in [0, 0.1) is 0 Å². The van der Waals surface area contributed by atoms with Crippen LogP contribution in [0.25, 0.3) is 0 Å². The first-order valence-corrected chi connectivity index (χ1v) is 10.2. The molecular weight excluding hydrogens is 443 g/mol. The zero-order chi connectivity index (χ0) is 22.8. The summed E-state index contributed by atoms with van der Waals surface area (Å²) in [5, 5.41) is 8.43. The highest BCUT2D eigenvalue weighted by Crippen LogP contribution is 2.33. The maximum Gasteiger partial charge on any atom is 0.325 e. The molecule has 1 heterocycles. The fraction of sp³-hybridized carbons (Fsp3) is 0.238. The average molecular weight is 463 g/mol. The molecule has 1 aliphatic rings. The summed E-state index contributed by atoms with van der Waals surface area (Å²) in [5.41, 5.74) is -0.198. The van der Waals surface area contributed by atoms with Crippen molar-refractivity contribution in [2.24, 2.45) is 0 Å². The summed E-state index contributed by atoms with van der Waals surface area (Å²) < 4.78 is 0. The van der Waals surface area contributed by atoms with E-state index in [0.717, 1.165) is 4.90 Å². The number of benzene rings is 2. The Morgan fingerprint density at radius 2 is 1.84 bits per heavy atom. The molecule has 8 nitrogen and oxygen atoms in total. The third-order valence-corrected chi connectivity index (χ3v) is 5.56. The van der Waals surface area contributed by atoms with E-state index in [1.807, 2.05) is 0 Å². The Morgan fingerprint density at radius 3 is 2.52 bits per heavy atom. The van der Waals surface area contributed by atoms with E-state index in [-0.39, 0.29) is 10.9 Å². The van der Waals surface area contributed by atoms with Crippen LogP contribution in [0.4, 0.5) is 10.5 Å². The zero-order valence-electron chi connectivity index (χ0n) is 16.8. The first kappa shape index (κ1) is 22.6. The number of carbonyl (C=O) groups excluding carboxylic acids is 4. The Hall–Kier alpha value is -3.10. The average Bonchev–Trinajstić information content (AvgIpc) is 2.94. The van der Waals surface area contributed by atoms with Crippen molar-refractivity contribution in [3.05, 3.63) is 63.6 Å². The summed E-state index contributed by atoms with van der Waals surface area (Å²) in [7, 11) is 0. The van der Waals surface area contributed by atoms with Gasteiger partial charge in [-0.25, -0.2) is 4.79 Å². The summed E-state index contributed by atoms with van der Waals surface area (Å²) in [6.07, 6.45) is 0. The van der Waals surface area contributed by atoms with Gasteiger partial charge in [0.2, 0.25) is 5.91 Å². The van der Waals surface area contributed by atoms with Crippen molar-refractivity contribution >= 4 is 52.6 Å². The van der Waals surface area contributed by atoms with Gasteiger partial charge in [0.1, 0.15) is 12.1 Å². The highest BCUT2D eigenvalue weighted by atomic mass is 35.5. The largest absolute Gasteiger partial charge is 0.352 e. The van der Waals surface area contributed by atoms with Crippen LogP contribution < -0.4 is 16.0 Å². The van der Waals surface area contributed by atoms with Gasteiger partial charge in [0.15, 0.2) is 0 Å². The molecule has 1 fully saturated rings. The predicted octanol–water partition coefficient (Wildman–Crippen LogP) is 3.15. The molecule has 3 N–H and O–H groups in total. The lowest BCUT2D eigenvalue weighted by atomic mass is 9.92. The van der Waals surface area contributed by atoms with Crippen LogP contribution in [0.3, 0.4) is 0 Å². The summed E-state index contributed by atoms with van der Waals surface area (Å²) in [5.74, 6) is -1.46. The molecule has 5 amide bonds. The summed E-state index contributed by atoms with van der Waals surface area (Å²) in [6, 6.07) is 10.3. The third kappa shape index (κ3) is 4.65. The Bertz CT molecular complexity index is 1080. The number of nitrogens with one attached hydrogen (secondary N) is 3. The van der Waals surface area contributed by atoms with E-state index in [4.69, 9.17) is 23.2 Å². The van der Waals surface area contributed by atoms with Crippen molar-refractivity contribution in [2.75, 3.05) is 18.4 Å². The van der Waals surface area contributed by atoms with Crippen molar-refractivity contribution in [3.8, 4) is 0 Å². The van der Waals surface area contributed by atoms with Gasteiger partial charge in [-0.3, -0.25) is 19.3 Å². The van der Waals surface area contributed by atoms with Gasteiger partial charge in [-0.15, -0.1) is 0 Å². The first-order valence-electron chi connectivity index (χ1n) is 9.43. The van der Waals surface area contributed by atoms with Crippen LogP contribution in [0.5, 0.6) is 0 Å². The van der Waals surface area contributed by atoms with Crippen LogP contribution in [-0.2, 0) is 15.1 Å². The maximum absolute atomic E-state index is 13.0. The molecule has 0 bridgehead atoms.